The largest absolute Gasteiger partial charge is 0.394 e. The van der Waals surface area contributed by atoms with E-state index >= 15 is 0 Å². The van der Waals surface area contributed by atoms with Crippen LogP contribution in [0.1, 0.15) is 6.42 Å². The Bertz CT molecular complexity index is 455. The molecule has 0 bridgehead atoms. The molecule has 0 amide bonds. The number of hydrogen-bond acceptors (Lipinski definition) is 5. The van der Waals surface area contributed by atoms with Gasteiger partial charge in [-0.3, -0.25) is 4.68 Å². The molecule has 1 rings (SSSR count). The fraction of sp³-hybridized carbons (Fsp3) is 0.667. The molecule has 0 aliphatic carbocycles. The monoisotopic (exact) mass is 297 g/mol. The van der Waals surface area contributed by atoms with E-state index in [0.29, 0.717) is 13.0 Å². The maximum Gasteiger partial charge on any atom is 0.259 e. The molecule has 7 nitrogen and oxygen atoms in total. The lowest BCUT2D eigenvalue weighted by Crippen LogP contribution is -2.27. The number of sulfonamides is 1. The van der Waals surface area contributed by atoms with Crippen molar-refractivity contribution in [1.29, 1.82) is 0 Å². The van der Waals surface area contributed by atoms with Crippen LogP contribution in [0.4, 0.5) is 0 Å². The van der Waals surface area contributed by atoms with Gasteiger partial charge in [0.2, 0.25) is 0 Å². The maximum absolute atomic E-state index is 11.9. The number of nitrogens with one attached hydrogen (secondary N) is 1. The topological polar surface area (TPSA) is 93.5 Å². The van der Waals surface area contributed by atoms with Gasteiger partial charge in [0.05, 0.1) is 24.4 Å². The summed E-state index contributed by atoms with van der Waals surface area (Å²) in [4.78, 5) is 0. The summed E-state index contributed by atoms with van der Waals surface area (Å²) in [5.41, 5.74) is 0. The van der Waals surface area contributed by atoms with Crippen LogP contribution in [0, 0.1) is 0 Å². The number of halogens is 1. The minimum absolute atomic E-state index is 0.0453. The van der Waals surface area contributed by atoms with Gasteiger partial charge in [0.1, 0.15) is 0 Å². The van der Waals surface area contributed by atoms with Crippen molar-refractivity contribution in [2.75, 3.05) is 26.4 Å². The molecule has 0 radical (unpaired) electrons. The predicted octanol–water partition coefficient (Wildman–Crippen LogP) is -0.249. The highest BCUT2D eigenvalue weighted by molar-refractivity contribution is 7.89. The third-order valence-electron chi connectivity index (χ3n) is 2.09. The van der Waals surface area contributed by atoms with E-state index in [2.05, 4.69) is 9.82 Å². The highest BCUT2D eigenvalue weighted by atomic mass is 35.5. The summed E-state index contributed by atoms with van der Waals surface area (Å²) < 4.78 is 32.4. The van der Waals surface area contributed by atoms with Crippen LogP contribution < -0.4 is 4.72 Å². The van der Waals surface area contributed by atoms with Gasteiger partial charge in [0.25, 0.3) is 10.0 Å². The van der Waals surface area contributed by atoms with Crippen LogP contribution in [0.2, 0.25) is 5.02 Å². The number of aliphatic hydroxyl groups excluding tert-OH is 1. The highest BCUT2D eigenvalue weighted by Crippen LogP contribution is 2.19. The van der Waals surface area contributed by atoms with Gasteiger partial charge in [-0.05, 0) is 6.42 Å². The average molecular weight is 298 g/mol. The second kappa shape index (κ2) is 7.05. The third kappa shape index (κ3) is 4.21. The van der Waals surface area contributed by atoms with Gasteiger partial charge in [-0.15, -0.1) is 0 Å². The summed E-state index contributed by atoms with van der Waals surface area (Å²) in [6, 6.07) is 0. The number of hydrogen-bond donors (Lipinski definition) is 2. The number of ether oxygens (including phenoxy) is 1. The summed E-state index contributed by atoms with van der Waals surface area (Å²) in [7, 11) is -2.15. The lowest BCUT2D eigenvalue weighted by Gasteiger charge is -2.07. The Labute approximate surface area is 111 Å². The van der Waals surface area contributed by atoms with Crippen LogP contribution in [0.5, 0.6) is 0 Å². The molecule has 104 valence electrons. The molecule has 1 heterocycles. The smallest absolute Gasteiger partial charge is 0.259 e. The molecule has 0 spiro atoms. The molecule has 0 unspecified atom stereocenters. The van der Waals surface area contributed by atoms with Crippen LogP contribution in [-0.4, -0.2) is 49.7 Å². The lowest BCUT2D eigenvalue weighted by atomic mass is 10.5. The highest BCUT2D eigenvalue weighted by Gasteiger charge is 2.21. The Morgan fingerprint density at radius 1 is 1.56 bits per heavy atom. The lowest BCUT2D eigenvalue weighted by molar-refractivity contribution is 0.0913. The van der Waals surface area contributed by atoms with E-state index in [1.807, 2.05) is 0 Å². The van der Waals surface area contributed by atoms with Crippen LogP contribution in [-0.2, 0) is 21.8 Å². The number of aromatic nitrogens is 2. The average Bonchev–Trinajstić information content (AvgIpc) is 2.64. The Balaban J connectivity index is 2.46. The molecule has 1 aromatic rings. The minimum Gasteiger partial charge on any atom is -0.394 e. The standard InChI is InChI=1S/C9H16ClN3O4S/c1-13-9(8(10)7-11-13)18(15,16)12-3-2-5-17-6-4-14/h7,12,14H,2-6H2,1H3. The van der Waals surface area contributed by atoms with E-state index in [1.165, 1.54) is 17.9 Å². The fourth-order valence-electron chi connectivity index (χ4n) is 1.32. The van der Waals surface area contributed by atoms with Gasteiger partial charge in [-0.2, -0.15) is 5.10 Å². The van der Waals surface area contributed by atoms with Gasteiger partial charge in [-0.25, -0.2) is 13.1 Å². The third-order valence-corrected chi connectivity index (χ3v) is 4.06. The van der Waals surface area contributed by atoms with Crippen molar-refractivity contribution >= 4 is 21.6 Å². The van der Waals surface area contributed by atoms with Crippen LogP contribution >= 0.6 is 11.6 Å². The van der Waals surface area contributed by atoms with Crippen LogP contribution in [0.15, 0.2) is 11.2 Å². The molecule has 0 saturated carbocycles. The quantitative estimate of drug-likeness (QED) is 0.646. The van der Waals surface area contributed by atoms with Crippen LogP contribution in [0.25, 0.3) is 0 Å². The first-order valence-corrected chi connectivity index (χ1v) is 7.21. The Hall–Kier alpha value is -0.670. The Morgan fingerprint density at radius 2 is 2.28 bits per heavy atom. The van der Waals surface area contributed by atoms with E-state index in [9.17, 15) is 8.42 Å². The minimum atomic E-state index is -3.66. The number of nitrogens with zero attached hydrogens (tertiary/aromatic N) is 2. The number of aliphatic hydroxyl groups is 1. The number of aryl methyl sites for hydroxylation is 1. The zero-order valence-corrected chi connectivity index (χ0v) is 11.5. The molecule has 1 aromatic heterocycles. The molecule has 0 fully saturated rings. The Kier molecular flexibility index (Phi) is 6.03. The second-order valence-corrected chi connectivity index (χ2v) is 5.60. The Morgan fingerprint density at radius 3 is 2.83 bits per heavy atom. The molecule has 0 aliphatic heterocycles. The summed E-state index contributed by atoms with van der Waals surface area (Å²) in [6.07, 6.45) is 1.79. The van der Waals surface area contributed by atoms with Crippen molar-refractivity contribution in [1.82, 2.24) is 14.5 Å². The van der Waals surface area contributed by atoms with Crippen molar-refractivity contribution in [3.63, 3.8) is 0 Å². The maximum atomic E-state index is 11.9. The zero-order chi connectivity index (χ0) is 13.6. The van der Waals surface area contributed by atoms with Crippen molar-refractivity contribution in [3.8, 4) is 0 Å². The van der Waals surface area contributed by atoms with Gasteiger partial charge in [0, 0.05) is 20.2 Å². The second-order valence-electron chi connectivity index (χ2n) is 3.51. The molecule has 0 aromatic carbocycles. The fourth-order valence-corrected chi connectivity index (χ4v) is 3.04. The first kappa shape index (κ1) is 15.4. The zero-order valence-electron chi connectivity index (χ0n) is 9.97. The summed E-state index contributed by atoms with van der Waals surface area (Å²) in [5, 5.41) is 12.3. The van der Waals surface area contributed by atoms with Gasteiger partial charge in [0.15, 0.2) is 5.03 Å². The molecule has 0 saturated heterocycles. The van der Waals surface area contributed by atoms with Crippen molar-refractivity contribution in [3.05, 3.63) is 11.2 Å². The van der Waals surface area contributed by atoms with E-state index < -0.39 is 10.0 Å². The van der Waals surface area contributed by atoms with Crippen molar-refractivity contribution < 1.29 is 18.3 Å². The summed E-state index contributed by atoms with van der Waals surface area (Å²) in [6.45, 7) is 0.814. The predicted molar refractivity (Wildman–Crippen MR) is 65.9 cm³/mol. The first-order chi connectivity index (χ1) is 8.49. The van der Waals surface area contributed by atoms with E-state index in [1.54, 1.807) is 0 Å². The van der Waals surface area contributed by atoms with E-state index in [4.69, 9.17) is 21.4 Å². The molecular weight excluding hydrogens is 282 g/mol. The van der Waals surface area contributed by atoms with Gasteiger partial charge < -0.3 is 9.84 Å². The molecular formula is C9H16ClN3O4S. The van der Waals surface area contributed by atoms with Crippen LogP contribution in [0.3, 0.4) is 0 Å². The van der Waals surface area contributed by atoms with E-state index in [0.717, 1.165) is 0 Å². The van der Waals surface area contributed by atoms with Crippen molar-refractivity contribution in [2.24, 2.45) is 7.05 Å². The molecule has 2 N–H and O–H groups in total. The summed E-state index contributed by atoms with van der Waals surface area (Å²) in [5.74, 6) is 0. The summed E-state index contributed by atoms with van der Waals surface area (Å²) >= 11 is 5.76. The van der Waals surface area contributed by atoms with E-state index in [-0.39, 0.29) is 29.8 Å². The molecule has 18 heavy (non-hydrogen) atoms. The number of rotatable bonds is 8. The van der Waals surface area contributed by atoms with Gasteiger partial charge >= 0.3 is 0 Å². The first-order valence-electron chi connectivity index (χ1n) is 5.35. The molecule has 0 atom stereocenters. The molecule has 9 heteroatoms. The molecule has 0 aliphatic rings. The normalized spacial score (nSPS) is 11.9. The SMILES string of the molecule is Cn1ncc(Cl)c1S(=O)(=O)NCCCOCCO. The van der Waals surface area contributed by atoms with Gasteiger partial charge in [-0.1, -0.05) is 11.6 Å². The van der Waals surface area contributed by atoms with Crippen molar-refractivity contribution in [2.45, 2.75) is 11.4 Å².